The van der Waals surface area contributed by atoms with Crippen LogP contribution in [0.4, 0.5) is 15.8 Å². The van der Waals surface area contributed by atoms with E-state index in [4.69, 9.17) is 0 Å². The van der Waals surface area contributed by atoms with Gasteiger partial charge in [0, 0.05) is 35.0 Å². The predicted octanol–water partition coefficient (Wildman–Crippen LogP) is 4.89. The lowest BCUT2D eigenvalue weighted by molar-refractivity contribution is 0.102. The number of benzene rings is 2. The number of rotatable bonds is 4. The van der Waals surface area contributed by atoms with Gasteiger partial charge < -0.3 is 10.2 Å². The number of amides is 1. The van der Waals surface area contributed by atoms with Crippen LogP contribution in [0.3, 0.4) is 0 Å². The molecule has 1 aliphatic rings. The van der Waals surface area contributed by atoms with Crippen molar-refractivity contribution < 1.29 is 9.18 Å². The Balaban J connectivity index is 1.30. The highest BCUT2D eigenvalue weighted by Gasteiger charge is 2.18. The van der Waals surface area contributed by atoms with Crippen LogP contribution in [0, 0.1) is 5.82 Å². The van der Waals surface area contributed by atoms with Crippen LogP contribution in [0.1, 0.15) is 20.9 Å². The fourth-order valence-corrected chi connectivity index (χ4v) is 4.58. The van der Waals surface area contributed by atoms with E-state index in [1.165, 1.54) is 28.8 Å². The van der Waals surface area contributed by atoms with Crippen LogP contribution >= 0.6 is 11.3 Å². The molecule has 0 radical (unpaired) electrons. The van der Waals surface area contributed by atoms with Gasteiger partial charge in [0.2, 0.25) is 0 Å². The summed E-state index contributed by atoms with van der Waals surface area (Å²) >= 11 is 1.83. The Labute approximate surface area is 177 Å². The number of carbonyl (C=O) groups excluding carboxylic acids is 1. The van der Waals surface area contributed by atoms with Crippen molar-refractivity contribution in [2.75, 3.05) is 16.8 Å². The maximum absolute atomic E-state index is 13.2. The second-order valence-corrected chi connectivity index (χ2v) is 8.17. The lowest BCUT2D eigenvalue weighted by Gasteiger charge is -2.29. The molecule has 1 amide bonds. The number of imidazole rings is 1. The molecule has 0 aliphatic carbocycles. The van der Waals surface area contributed by atoms with E-state index in [0.29, 0.717) is 17.1 Å². The van der Waals surface area contributed by atoms with E-state index < -0.39 is 0 Å². The SMILES string of the molecule is O=C(Nc1ccc(N2CCc3sccc3C2)cc1)c1cncn1-c1ccc(F)cc1. The molecule has 2 aromatic carbocycles. The number of halogens is 1. The molecule has 7 heteroatoms. The molecular formula is C23H19FN4OS. The molecule has 0 unspecified atom stereocenters. The molecule has 0 saturated carbocycles. The molecule has 3 heterocycles. The van der Waals surface area contributed by atoms with Gasteiger partial charge in [-0.05, 0) is 72.0 Å². The maximum atomic E-state index is 13.2. The van der Waals surface area contributed by atoms with Crippen molar-refractivity contribution >= 4 is 28.6 Å². The van der Waals surface area contributed by atoms with E-state index in [9.17, 15) is 9.18 Å². The number of fused-ring (bicyclic) bond motifs is 1. The van der Waals surface area contributed by atoms with E-state index in [2.05, 4.69) is 26.6 Å². The number of hydrogen-bond donors (Lipinski definition) is 1. The van der Waals surface area contributed by atoms with Gasteiger partial charge in [-0.1, -0.05) is 0 Å². The summed E-state index contributed by atoms with van der Waals surface area (Å²) in [5.41, 5.74) is 4.31. The molecule has 0 spiro atoms. The lowest BCUT2D eigenvalue weighted by Crippen LogP contribution is -2.29. The molecule has 0 atom stereocenters. The first-order valence-corrected chi connectivity index (χ1v) is 10.6. The molecule has 0 saturated heterocycles. The molecule has 150 valence electrons. The van der Waals surface area contributed by atoms with Gasteiger partial charge in [0.25, 0.3) is 5.91 Å². The topological polar surface area (TPSA) is 50.2 Å². The fraction of sp³-hybridized carbons (Fsp3) is 0.130. The van der Waals surface area contributed by atoms with E-state index in [1.54, 1.807) is 23.0 Å². The van der Waals surface area contributed by atoms with Gasteiger partial charge >= 0.3 is 0 Å². The summed E-state index contributed by atoms with van der Waals surface area (Å²) in [6.45, 7) is 1.91. The first kappa shape index (κ1) is 18.6. The summed E-state index contributed by atoms with van der Waals surface area (Å²) < 4.78 is 14.8. The van der Waals surface area contributed by atoms with Crippen molar-refractivity contribution in [2.24, 2.45) is 0 Å². The van der Waals surface area contributed by atoms with Crippen LogP contribution in [-0.2, 0) is 13.0 Å². The van der Waals surface area contributed by atoms with Crippen molar-refractivity contribution in [1.29, 1.82) is 0 Å². The summed E-state index contributed by atoms with van der Waals surface area (Å²) in [4.78, 5) is 20.7. The quantitative estimate of drug-likeness (QED) is 0.514. The van der Waals surface area contributed by atoms with Crippen molar-refractivity contribution in [3.05, 3.63) is 94.5 Å². The normalized spacial score (nSPS) is 13.2. The van der Waals surface area contributed by atoms with Gasteiger partial charge in [0.15, 0.2) is 0 Å². The molecule has 1 N–H and O–H groups in total. The molecule has 5 rings (SSSR count). The average Bonchev–Trinajstić information content (AvgIpc) is 3.44. The van der Waals surface area contributed by atoms with Gasteiger partial charge in [-0.2, -0.15) is 0 Å². The van der Waals surface area contributed by atoms with Crippen molar-refractivity contribution in [1.82, 2.24) is 9.55 Å². The highest BCUT2D eigenvalue weighted by atomic mass is 32.1. The Bertz CT molecular complexity index is 1180. The Morgan fingerprint density at radius 2 is 1.80 bits per heavy atom. The number of aromatic nitrogens is 2. The minimum absolute atomic E-state index is 0.273. The Kier molecular flexibility index (Phi) is 4.80. The van der Waals surface area contributed by atoms with Gasteiger partial charge in [0.05, 0.1) is 12.5 Å². The Morgan fingerprint density at radius 3 is 2.60 bits per heavy atom. The van der Waals surface area contributed by atoms with Crippen LogP contribution in [0.15, 0.2) is 72.5 Å². The summed E-state index contributed by atoms with van der Waals surface area (Å²) in [5, 5.41) is 5.07. The second kappa shape index (κ2) is 7.76. The zero-order valence-electron chi connectivity index (χ0n) is 16.1. The third-order valence-electron chi connectivity index (χ3n) is 5.27. The van der Waals surface area contributed by atoms with Gasteiger partial charge in [0.1, 0.15) is 11.5 Å². The third-order valence-corrected chi connectivity index (χ3v) is 6.30. The van der Waals surface area contributed by atoms with Gasteiger partial charge in [-0.15, -0.1) is 11.3 Å². The zero-order chi connectivity index (χ0) is 20.5. The van der Waals surface area contributed by atoms with Crippen molar-refractivity contribution in [2.45, 2.75) is 13.0 Å². The van der Waals surface area contributed by atoms with Crippen LogP contribution in [0.2, 0.25) is 0 Å². The lowest BCUT2D eigenvalue weighted by atomic mass is 10.1. The third kappa shape index (κ3) is 3.59. The zero-order valence-corrected chi connectivity index (χ0v) is 16.9. The highest BCUT2D eigenvalue weighted by molar-refractivity contribution is 7.10. The number of hydrogen-bond acceptors (Lipinski definition) is 4. The molecule has 5 nitrogen and oxygen atoms in total. The molecular weight excluding hydrogens is 399 g/mol. The molecule has 4 aromatic rings. The Morgan fingerprint density at radius 1 is 1.03 bits per heavy atom. The van der Waals surface area contributed by atoms with E-state index in [-0.39, 0.29) is 11.7 Å². The Hall–Kier alpha value is -3.45. The first-order valence-electron chi connectivity index (χ1n) is 9.67. The number of thiophene rings is 1. The minimum atomic E-state index is -0.325. The smallest absolute Gasteiger partial charge is 0.274 e. The number of carbonyl (C=O) groups is 1. The van der Waals surface area contributed by atoms with Crippen LogP contribution < -0.4 is 10.2 Å². The van der Waals surface area contributed by atoms with Crippen LogP contribution in [0.5, 0.6) is 0 Å². The number of nitrogens with zero attached hydrogens (tertiary/aromatic N) is 3. The fourth-order valence-electron chi connectivity index (χ4n) is 3.69. The summed E-state index contributed by atoms with van der Waals surface area (Å²) in [6, 6.07) is 16.0. The van der Waals surface area contributed by atoms with Crippen LogP contribution in [-0.4, -0.2) is 22.0 Å². The molecule has 2 aromatic heterocycles. The minimum Gasteiger partial charge on any atom is -0.367 e. The van der Waals surface area contributed by atoms with Crippen molar-refractivity contribution in [3.8, 4) is 5.69 Å². The average molecular weight is 418 g/mol. The number of nitrogens with one attached hydrogen (secondary N) is 1. The predicted molar refractivity (Wildman–Crippen MR) is 117 cm³/mol. The monoisotopic (exact) mass is 418 g/mol. The molecule has 0 bridgehead atoms. The van der Waals surface area contributed by atoms with Gasteiger partial charge in [-0.3, -0.25) is 9.36 Å². The first-order chi connectivity index (χ1) is 14.7. The standard InChI is InChI=1S/C23H19FN4OS/c24-17-1-5-20(6-2-17)28-15-25-13-21(28)23(29)26-18-3-7-19(8-4-18)27-11-9-22-16(14-27)10-12-30-22/h1-8,10,12-13,15H,9,11,14H2,(H,26,29). The second-order valence-electron chi connectivity index (χ2n) is 7.17. The summed E-state index contributed by atoms with van der Waals surface area (Å²) in [7, 11) is 0. The molecule has 1 aliphatic heterocycles. The van der Waals surface area contributed by atoms with E-state index in [1.807, 2.05) is 35.6 Å². The van der Waals surface area contributed by atoms with E-state index in [0.717, 1.165) is 25.2 Å². The van der Waals surface area contributed by atoms with E-state index >= 15 is 0 Å². The van der Waals surface area contributed by atoms with Gasteiger partial charge in [-0.25, -0.2) is 9.37 Å². The summed E-state index contributed by atoms with van der Waals surface area (Å²) in [5.74, 6) is -0.598. The summed E-state index contributed by atoms with van der Waals surface area (Å²) in [6.07, 6.45) is 4.11. The maximum Gasteiger partial charge on any atom is 0.274 e. The molecule has 30 heavy (non-hydrogen) atoms. The largest absolute Gasteiger partial charge is 0.367 e. The number of anilines is 2. The highest BCUT2D eigenvalue weighted by Crippen LogP contribution is 2.28. The van der Waals surface area contributed by atoms with Crippen molar-refractivity contribution in [3.63, 3.8) is 0 Å². The molecule has 0 fully saturated rings. The van der Waals surface area contributed by atoms with Crippen LogP contribution in [0.25, 0.3) is 5.69 Å².